The third kappa shape index (κ3) is 7.28. The number of benzene rings is 2. The lowest BCUT2D eigenvalue weighted by atomic mass is 9.57. The summed E-state index contributed by atoms with van der Waals surface area (Å²) in [6, 6.07) is 8.04. The first-order chi connectivity index (χ1) is 27.8. The van der Waals surface area contributed by atoms with Crippen molar-refractivity contribution in [3.63, 3.8) is 0 Å². The predicted octanol–water partition coefficient (Wildman–Crippen LogP) is 5.46. The van der Waals surface area contributed by atoms with E-state index in [9.17, 15) is 29.1 Å². The van der Waals surface area contributed by atoms with Gasteiger partial charge < -0.3 is 20.6 Å². The molecule has 4 N–H and O–H groups in total. The minimum Gasteiger partial charge on any atom is -0.386 e. The van der Waals surface area contributed by atoms with Gasteiger partial charge in [-0.15, -0.1) is 11.3 Å². The molecule has 15 heteroatoms. The number of imide groups is 2. The van der Waals surface area contributed by atoms with E-state index in [1.54, 1.807) is 37.3 Å². The number of hydrogen-bond donors (Lipinski definition) is 4. The van der Waals surface area contributed by atoms with Gasteiger partial charge in [-0.05, 0) is 107 Å². The van der Waals surface area contributed by atoms with Gasteiger partial charge in [0.25, 0.3) is 17.7 Å². The number of rotatable bonds is 11. The van der Waals surface area contributed by atoms with Gasteiger partial charge in [-0.1, -0.05) is 6.07 Å². The predicted molar refractivity (Wildman–Crippen MR) is 217 cm³/mol. The van der Waals surface area contributed by atoms with Gasteiger partial charge in [-0.25, -0.2) is 9.97 Å². The molecule has 5 aliphatic rings. The summed E-state index contributed by atoms with van der Waals surface area (Å²) < 4.78 is 0.980. The van der Waals surface area contributed by atoms with Gasteiger partial charge in [-0.2, -0.15) is 0 Å². The molecule has 2 aliphatic carbocycles. The van der Waals surface area contributed by atoms with Gasteiger partial charge >= 0.3 is 0 Å². The number of nitrogens with one attached hydrogen (secondary N) is 3. The van der Waals surface area contributed by atoms with E-state index in [-0.39, 0.29) is 30.3 Å². The van der Waals surface area contributed by atoms with Crippen molar-refractivity contribution in [1.82, 2.24) is 30.1 Å². The first kappa shape index (κ1) is 38.4. The van der Waals surface area contributed by atoms with Crippen molar-refractivity contribution < 1.29 is 29.1 Å². The molecule has 0 radical (unpaired) electrons. The van der Waals surface area contributed by atoms with E-state index in [0.29, 0.717) is 57.8 Å². The van der Waals surface area contributed by atoms with Crippen molar-refractivity contribution >= 4 is 62.5 Å². The molecule has 2 aromatic carbocycles. The summed E-state index contributed by atoms with van der Waals surface area (Å²) in [6.07, 6.45) is 12.6. The normalized spacial score (nSPS) is 23.4. The van der Waals surface area contributed by atoms with Crippen molar-refractivity contribution in [3.8, 4) is 0 Å². The van der Waals surface area contributed by atoms with Crippen LogP contribution in [0.25, 0.3) is 10.2 Å². The first-order valence-corrected chi connectivity index (χ1v) is 21.2. The number of aromatic nitrogens is 3. The maximum atomic E-state index is 13.4. The van der Waals surface area contributed by atoms with Gasteiger partial charge in [0.2, 0.25) is 11.8 Å². The number of nitrogens with zero attached hydrogens (tertiary/aromatic N) is 5. The Bertz CT molecular complexity index is 2300. The Balaban J connectivity index is 0.728. The fraction of sp³-hybridized carbons (Fsp3) is 0.488. The second-order valence-electron chi connectivity index (χ2n) is 17.6. The molecule has 4 fully saturated rings. The van der Waals surface area contributed by atoms with Crippen molar-refractivity contribution in [2.24, 2.45) is 17.3 Å². The zero-order valence-electron chi connectivity index (χ0n) is 32.8. The summed E-state index contributed by atoms with van der Waals surface area (Å²) in [6.45, 7) is 7.57. The lowest BCUT2D eigenvalue weighted by Crippen LogP contribution is -2.63. The summed E-state index contributed by atoms with van der Waals surface area (Å²) in [5, 5.41) is 20.7. The van der Waals surface area contributed by atoms with E-state index < -0.39 is 29.4 Å². The van der Waals surface area contributed by atoms with E-state index in [0.717, 1.165) is 59.0 Å². The molecule has 4 aromatic rings. The summed E-state index contributed by atoms with van der Waals surface area (Å²) in [5.74, 6) is -0.643. The van der Waals surface area contributed by atoms with Crippen LogP contribution < -0.4 is 16.0 Å². The lowest BCUT2D eigenvalue weighted by Gasteiger charge is -2.60. The van der Waals surface area contributed by atoms with Gasteiger partial charge in [0.05, 0.1) is 38.1 Å². The molecule has 9 rings (SSSR count). The highest BCUT2D eigenvalue weighted by atomic mass is 32.1. The minimum absolute atomic E-state index is 0.0933. The van der Waals surface area contributed by atoms with Crippen LogP contribution in [-0.4, -0.2) is 91.6 Å². The minimum atomic E-state index is -1.18. The second-order valence-corrected chi connectivity index (χ2v) is 18.6. The summed E-state index contributed by atoms with van der Waals surface area (Å²) in [5.41, 5.74) is 2.65. The second kappa shape index (κ2) is 14.9. The van der Waals surface area contributed by atoms with Crippen molar-refractivity contribution in [2.45, 2.75) is 89.2 Å². The number of piperidine rings is 1. The van der Waals surface area contributed by atoms with Crippen LogP contribution in [0.15, 0.2) is 48.9 Å². The molecule has 2 aromatic heterocycles. The van der Waals surface area contributed by atoms with E-state index in [1.165, 1.54) is 44.3 Å². The summed E-state index contributed by atoms with van der Waals surface area (Å²) in [7, 11) is 0. The Kier molecular flexibility index (Phi) is 9.88. The van der Waals surface area contributed by atoms with Crippen LogP contribution in [0.3, 0.4) is 0 Å². The number of carbonyl (C=O) groups excluding carboxylic acids is 5. The third-order valence-corrected chi connectivity index (χ3v) is 14.0. The fourth-order valence-corrected chi connectivity index (χ4v) is 11.2. The zero-order valence-corrected chi connectivity index (χ0v) is 33.6. The SMILES string of the molecule is CC(C)(O)c1cc2nc([C@H]3CC[C@H](CN4CC5(CC(CCNc6cccc7c6C(=O)N(C6CCC(=O)NC6=O)C7=O)C5)C4)CC3)sc2cc1NC(=O)c1cnccn1. The molecule has 1 spiro atoms. The van der Waals surface area contributed by atoms with E-state index in [4.69, 9.17) is 4.98 Å². The number of anilines is 2. The van der Waals surface area contributed by atoms with Crippen LogP contribution in [0.4, 0.5) is 11.4 Å². The number of hydrogen-bond acceptors (Lipinski definition) is 12. The van der Waals surface area contributed by atoms with Crippen molar-refractivity contribution in [1.29, 1.82) is 0 Å². The molecule has 5 amide bonds. The molecule has 1 atom stereocenters. The average molecular weight is 805 g/mol. The number of fused-ring (bicyclic) bond motifs is 2. The molecule has 2 saturated heterocycles. The van der Waals surface area contributed by atoms with Crippen LogP contribution >= 0.6 is 11.3 Å². The van der Waals surface area contributed by atoms with E-state index in [2.05, 4.69) is 30.8 Å². The third-order valence-electron chi connectivity index (χ3n) is 12.9. The van der Waals surface area contributed by atoms with E-state index in [1.807, 2.05) is 18.2 Å². The maximum absolute atomic E-state index is 13.4. The topological polar surface area (TPSA) is 187 Å². The first-order valence-electron chi connectivity index (χ1n) is 20.4. The number of carbonyl (C=O) groups is 5. The highest BCUT2D eigenvalue weighted by molar-refractivity contribution is 7.18. The average Bonchev–Trinajstić information content (AvgIpc) is 3.70. The number of amides is 5. The number of aliphatic hydroxyl groups is 1. The highest BCUT2D eigenvalue weighted by Crippen LogP contribution is 2.53. The van der Waals surface area contributed by atoms with Crippen LogP contribution in [0, 0.1) is 17.3 Å². The molecule has 2 saturated carbocycles. The summed E-state index contributed by atoms with van der Waals surface area (Å²) >= 11 is 1.68. The molecule has 3 aliphatic heterocycles. The van der Waals surface area contributed by atoms with Crippen LogP contribution in [0.2, 0.25) is 0 Å². The highest BCUT2D eigenvalue weighted by Gasteiger charge is 2.52. The molecule has 58 heavy (non-hydrogen) atoms. The molecule has 0 bridgehead atoms. The number of thiazole rings is 1. The van der Waals surface area contributed by atoms with Crippen LogP contribution in [0.5, 0.6) is 0 Å². The Morgan fingerprint density at radius 3 is 2.52 bits per heavy atom. The van der Waals surface area contributed by atoms with Crippen molar-refractivity contribution in [2.75, 3.05) is 36.8 Å². The number of likely N-dealkylation sites (tertiary alicyclic amines) is 1. The van der Waals surface area contributed by atoms with E-state index >= 15 is 0 Å². The van der Waals surface area contributed by atoms with Gasteiger partial charge in [0.15, 0.2) is 0 Å². The van der Waals surface area contributed by atoms with Crippen molar-refractivity contribution in [3.05, 3.63) is 76.3 Å². The largest absolute Gasteiger partial charge is 0.386 e. The van der Waals surface area contributed by atoms with Gasteiger partial charge in [-0.3, -0.25) is 39.2 Å². The van der Waals surface area contributed by atoms with Crippen LogP contribution in [-0.2, 0) is 15.2 Å². The monoisotopic (exact) mass is 804 g/mol. The molecular weight excluding hydrogens is 757 g/mol. The smallest absolute Gasteiger partial charge is 0.275 e. The Hall–Kier alpha value is -5.12. The fourth-order valence-electron chi connectivity index (χ4n) is 10.1. The standard InChI is InChI=1S/C43H48N8O6S/c1-42(2,57)28-16-31-34(17-30(28)47-37(53)32-20-44-14-15-46-32)58-39(48-31)26-8-6-24(7-9-26)21-50-22-43(23-50)18-25(19-43)12-13-45-29-5-3-4-27-36(29)41(56)51(40(27)55)33-10-11-35(52)49-38(33)54/h3-5,14-17,20,24-26,33,45,57H,6-13,18-19,21-23H2,1-2H3,(H,47,53)(H,49,52,54)/t24-,26-,33?. The van der Waals surface area contributed by atoms with Gasteiger partial charge in [0, 0.05) is 67.8 Å². The molecule has 302 valence electrons. The molecule has 1 unspecified atom stereocenters. The lowest BCUT2D eigenvalue weighted by molar-refractivity contribution is -0.136. The zero-order chi connectivity index (χ0) is 40.3. The Morgan fingerprint density at radius 2 is 1.79 bits per heavy atom. The molecule has 14 nitrogen and oxygen atoms in total. The van der Waals surface area contributed by atoms with Gasteiger partial charge in [0.1, 0.15) is 11.7 Å². The maximum Gasteiger partial charge on any atom is 0.275 e. The summed E-state index contributed by atoms with van der Waals surface area (Å²) in [4.78, 5) is 80.4. The quantitative estimate of drug-likeness (QED) is 0.141. The molecule has 5 heterocycles. The Labute approximate surface area is 340 Å². The molecular formula is C43H48N8O6S. The Morgan fingerprint density at radius 1 is 1.00 bits per heavy atom. The van der Waals surface area contributed by atoms with Crippen LogP contribution in [0.1, 0.15) is 119 Å².